The number of hydrogen-bond donors (Lipinski definition) is 1. The number of allylic oxidation sites excluding steroid dienone is 2. The molecule has 0 saturated heterocycles. The van der Waals surface area contributed by atoms with Crippen molar-refractivity contribution >= 4 is 27.3 Å². The minimum atomic E-state index is 0.246. The highest BCUT2D eigenvalue weighted by molar-refractivity contribution is 6.10. The van der Waals surface area contributed by atoms with Gasteiger partial charge < -0.3 is 5.11 Å². The van der Waals surface area contributed by atoms with E-state index in [0.29, 0.717) is 0 Å². The Hall–Kier alpha value is -2.54. The van der Waals surface area contributed by atoms with Crippen LogP contribution in [0.4, 0.5) is 0 Å². The van der Waals surface area contributed by atoms with Crippen molar-refractivity contribution in [2.45, 2.75) is 0 Å². The van der Waals surface area contributed by atoms with Crippen LogP contribution in [0.3, 0.4) is 0 Å². The summed E-state index contributed by atoms with van der Waals surface area (Å²) in [6.45, 7) is 3.62. The third-order valence-corrected chi connectivity index (χ3v) is 3.34. The maximum Gasteiger partial charge on any atom is 0.123 e. The SMILES string of the molecule is C=CC=C(O)c1cccc2c1ccc1ccccc12. The standard InChI is InChI=1S/C18H14O/c1-2-6-18(19)17-10-5-9-15-14-8-4-3-7-13(14)11-12-16(15)17/h2-12,19H,1H2. The first-order valence-electron chi connectivity index (χ1n) is 6.24. The van der Waals surface area contributed by atoms with Gasteiger partial charge in [0.05, 0.1) is 0 Å². The van der Waals surface area contributed by atoms with E-state index in [1.54, 1.807) is 12.2 Å². The molecule has 3 aromatic carbocycles. The molecule has 0 aliphatic carbocycles. The highest BCUT2D eigenvalue weighted by Crippen LogP contribution is 2.30. The van der Waals surface area contributed by atoms with E-state index < -0.39 is 0 Å². The first-order valence-corrected chi connectivity index (χ1v) is 6.24. The van der Waals surface area contributed by atoms with E-state index in [2.05, 4.69) is 36.9 Å². The minimum Gasteiger partial charge on any atom is -0.507 e. The normalized spacial score (nSPS) is 11.9. The predicted molar refractivity (Wildman–Crippen MR) is 82.3 cm³/mol. The summed E-state index contributed by atoms with van der Waals surface area (Å²) in [5.41, 5.74) is 0.836. The van der Waals surface area contributed by atoms with Crippen LogP contribution in [0.15, 0.2) is 73.3 Å². The molecule has 0 fully saturated rings. The summed E-state index contributed by atoms with van der Waals surface area (Å²) in [5, 5.41) is 14.7. The molecule has 3 aromatic rings. The fraction of sp³-hybridized carbons (Fsp3) is 0. The van der Waals surface area contributed by atoms with Gasteiger partial charge in [0.2, 0.25) is 0 Å². The Morgan fingerprint density at radius 3 is 2.47 bits per heavy atom. The summed E-state index contributed by atoms with van der Waals surface area (Å²) in [4.78, 5) is 0. The molecule has 1 nitrogen and oxygen atoms in total. The topological polar surface area (TPSA) is 20.2 Å². The summed E-state index contributed by atoms with van der Waals surface area (Å²) in [5.74, 6) is 0.246. The summed E-state index contributed by atoms with van der Waals surface area (Å²) >= 11 is 0. The van der Waals surface area contributed by atoms with E-state index in [1.807, 2.05) is 24.3 Å². The molecule has 1 heteroatoms. The molecule has 3 rings (SSSR count). The van der Waals surface area contributed by atoms with Gasteiger partial charge >= 0.3 is 0 Å². The van der Waals surface area contributed by atoms with Crippen LogP contribution >= 0.6 is 0 Å². The fourth-order valence-electron chi connectivity index (χ4n) is 2.47. The van der Waals surface area contributed by atoms with Gasteiger partial charge in [0.15, 0.2) is 0 Å². The van der Waals surface area contributed by atoms with Gasteiger partial charge in [-0.05, 0) is 27.6 Å². The molecule has 19 heavy (non-hydrogen) atoms. The van der Waals surface area contributed by atoms with E-state index in [1.165, 1.54) is 10.8 Å². The van der Waals surface area contributed by atoms with Crippen LogP contribution in [0.5, 0.6) is 0 Å². The van der Waals surface area contributed by atoms with Crippen molar-refractivity contribution in [2.75, 3.05) is 0 Å². The number of aliphatic hydroxyl groups is 1. The zero-order chi connectivity index (χ0) is 13.2. The van der Waals surface area contributed by atoms with Gasteiger partial charge in [-0.3, -0.25) is 0 Å². The van der Waals surface area contributed by atoms with E-state index in [0.717, 1.165) is 16.3 Å². The van der Waals surface area contributed by atoms with Crippen molar-refractivity contribution in [3.8, 4) is 0 Å². The van der Waals surface area contributed by atoms with E-state index in [-0.39, 0.29) is 5.76 Å². The van der Waals surface area contributed by atoms with Gasteiger partial charge in [-0.1, -0.05) is 67.3 Å². The zero-order valence-corrected chi connectivity index (χ0v) is 10.5. The lowest BCUT2D eigenvalue weighted by molar-refractivity contribution is 0.513. The summed E-state index contributed by atoms with van der Waals surface area (Å²) in [6, 6.07) is 18.4. The van der Waals surface area contributed by atoms with Crippen LogP contribution in [0.1, 0.15) is 5.56 Å². The molecule has 0 saturated carbocycles. The maximum atomic E-state index is 10.1. The van der Waals surface area contributed by atoms with Gasteiger partial charge in [0.1, 0.15) is 5.76 Å². The molecule has 0 heterocycles. The lowest BCUT2D eigenvalue weighted by atomic mass is 9.97. The Labute approximate surface area is 112 Å². The minimum absolute atomic E-state index is 0.246. The van der Waals surface area contributed by atoms with Crippen LogP contribution in [0.2, 0.25) is 0 Å². The van der Waals surface area contributed by atoms with Gasteiger partial charge in [0, 0.05) is 5.56 Å². The lowest BCUT2D eigenvalue weighted by Gasteiger charge is -2.08. The molecule has 92 valence electrons. The van der Waals surface area contributed by atoms with E-state index in [9.17, 15) is 5.11 Å². The van der Waals surface area contributed by atoms with Crippen molar-refractivity contribution in [1.82, 2.24) is 0 Å². The largest absolute Gasteiger partial charge is 0.507 e. The summed E-state index contributed by atoms with van der Waals surface area (Å²) < 4.78 is 0. The summed E-state index contributed by atoms with van der Waals surface area (Å²) in [7, 11) is 0. The molecule has 0 aliphatic rings. The van der Waals surface area contributed by atoms with Crippen LogP contribution in [0.25, 0.3) is 27.3 Å². The average molecular weight is 246 g/mol. The molecular formula is C18H14O. The number of aliphatic hydroxyl groups excluding tert-OH is 1. The Balaban J connectivity index is 2.41. The van der Waals surface area contributed by atoms with Gasteiger partial charge in [-0.25, -0.2) is 0 Å². The maximum absolute atomic E-state index is 10.1. The molecule has 0 aliphatic heterocycles. The number of benzene rings is 3. The van der Waals surface area contributed by atoms with Crippen molar-refractivity contribution < 1.29 is 5.11 Å². The Bertz CT molecular complexity index is 797. The molecule has 0 spiro atoms. The predicted octanol–water partition coefficient (Wildman–Crippen LogP) is 5.08. The second-order valence-corrected chi connectivity index (χ2v) is 4.48. The highest BCUT2D eigenvalue weighted by atomic mass is 16.3. The van der Waals surface area contributed by atoms with E-state index in [4.69, 9.17) is 0 Å². The quantitative estimate of drug-likeness (QED) is 0.380. The lowest BCUT2D eigenvalue weighted by Crippen LogP contribution is -1.86. The molecule has 1 N–H and O–H groups in total. The van der Waals surface area contributed by atoms with Crippen LogP contribution < -0.4 is 0 Å². The second-order valence-electron chi connectivity index (χ2n) is 4.48. The molecule has 0 radical (unpaired) electrons. The Morgan fingerprint density at radius 1 is 0.842 bits per heavy atom. The number of fused-ring (bicyclic) bond motifs is 3. The second kappa shape index (κ2) is 4.62. The monoisotopic (exact) mass is 246 g/mol. The molecule has 0 unspecified atom stereocenters. The third-order valence-electron chi connectivity index (χ3n) is 3.34. The van der Waals surface area contributed by atoms with Gasteiger partial charge in [-0.2, -0.15) is 0 Å². The summed E-state index contributed by atoms with van der Waals surface area (Å²) in [6.07, 6.45) is 3.21. The number of rotatable bonds is 2. The van der Waals surface area contributed by atoms with E-state index >= 15 is 0 Å². The van der Waals surface area contributed by atoms with Crippen molar-refractivity contribution in [3.05, 3.63) is 78.9 Å². The van der Waals surface area contributed by atoms with Crippen molar-refractivity contribution in [3.63, 3.8) is 0 Å². The molecule has 0 bridgehead atoms. The zero-order valence-electron chi connectivity index (χ0n) is 10.5. The smallest absolute Gasteiger partial charge is 0.123 e. The van der Waals surface area contributed by atoms with Gasteiger partial charge in [0.25, 0.3) is 0 Å². The van der Waals surface area contributed by atoms with Crippen molar-refractivity contribution in [2.24, 2.45) is 0 Å². The average Bonchev–Trinajstić information content (AvgIpc) is 2.46. The molecule has 0 aromatic heterocycles. The fourth-order valence-corrected chi connectivity index (χ4v) is 2.47. The van der Waals surface area contributed by atoms with Gasteiger partial charge in [-0.15, -0.1) is 0 Å². The molecule has 0 amide bonds. The molecular weight excluding hydrogens is 232 g/mol. The molecule has 0 atom stereocenters. The van der Waals surface area contributed by atoms with Crippen LogP contribution in [-0.2, 0) is 0 Å². The third kappa shape index (κ3) is 1.89. The number of hydrogen-bond acceptors (Lipinski definition) is 1. The highest BCUT2D eigenvalue weighted by Gasteiger charge is 2.06. The first-order chi connectivity index (χ1) is 9.31. The van der Waals surface area contributed by atoms with Crippen LogP contribution in [0, 0.1) is 0 Å². The Kier molecular flexibility index (Phi) is 2.81. The Morgan fingerprint density at radius 2 is 1.63 bits per heavy atom. The van der Waals surface area contributed by atoms with Crippen molar-refractivity contribution in [1.29, 1.82) is 0 Å². The first kappa shape index (κ1) is 11.5. The van der Waals surface area contributed by atoms with Crippen LogP contribution in [-0.4, -0.2) is 5.11 Å².